The number of benzene rings is 1. The average Bonchev–Trinajstić information content (AvgIpc) is 3.10. The van der Waals surface area contributed by atoms with Crippen LogP contribution in [0.5, 0.6) is 5.75 Å². The number of piperazine rings is 1. The van der Waals surface area contributed by atoms with Crippen molar-refractivity contribution in [2.45, 2.75) is 26.3 Å². The molecule has 2 heterocycles. The highest BCUT2D eigenvalue weighted by molar-refractivity contribution is 7.12. The first-order valence-corrected chi connectivity index (χ1v) is 9.63. The molecule has 1 aliphatic rings. The SMILES string of the molecule is COc1ccccc1N1CCN(C(=O)Cc2csc(C(C)=O)c2)[C@@H](C)C1. The Morgan fingerprint density at radius 3 is 2.69 bits per heavy atom. The topological polar surface area (TPSA) is 49.9 Å². The van der Waals surface area contributed by atoms with E-state index in [1.165, 1.54) is 11.3 Å². The van der Waals surface area contributed by atoms with Gasteiger partial charge in [0.15, 0.2) is 5.78 Å². The Balaban J connectivity index is 1.64. The van der Waals surface area contributed by atoms with E-state index in [1.54, 1.807) is 14.0 Å². The van der Waals surface area contributed by atoms with Gasteiger partial charge >= 0.3 is 0 Å². The Labute approximate surface area is 158 Å². The number of carbonyl (C=O) groups excluding carboxylic acids is 2. The average molecular weight is 372 g/mol. The fraction of sp³-hybridized carbons (Fsp3) is 0.400. The van der Waals surface area contributed by atoms with Gasteiger partial charge in [0.1, 0.15) is 5.75 Å². The molecule has 1 aliphatic heterocycles. The maximum atomic E-state index is 12.7. The molecule has 1 saturated heterocycles. The van der Waals surface area contributed by atoms with Crippen molar-refractivity contribution < 1.29 is 14.3 Å². The van der Waals surface area contributed by atoms with E-state index in [9.17, 15) is 9.59 Å². The quantitative estimate of drug-likeness (QED) is 0.756. The van der Waals surface area contributed by atoms with Crippen LogP contribution in [0.3, 0.4) is 0 Å². The summed E-state index contributed by atoms with van der Waals surface area (Å²) in [5, 5.41) is 1.91. The van der Waals surface area contributed by atoms with Gasteiger partial charge in [0.2, 0.25) is 5.91 Å². The smallest absolute Gasteiger partial charge is 0.227 e. The highest BCUT2D eigenvalue weighted by atomic mass is 32.1. The van der Waals surface area contributed by atoms with Gasteiger partial charge in [-0.05, 0) is 43.0 Å². The lowest BCUT2D eigenvalue weighted by Crippen LogP contribution is -2.54. The van der Waals surface area contributed by atoms with Crippen LogP contribution in [-0.2, 0) is 11.2 Å². The molecule has 1 amide bonds. The summed E-state index contributed by atoms with van der Waals surface area (Å²) in [6.07, 6.45) is 0.350. The van der Waals surface area contributed by atoms with Crippen molar-refractivity contribution in [2.24, 2.45) is 0 Å². The molecule has 0 aliphatic carbocycles. The van der Waals surface area contributed by atoms with Crippen LogP contribution in [0, 0.1) is 0 Å². The van der Waals surface area contributed by atoms with Gasteiger partial charge in [0.25, 0.3) is 0 Å². The Kier molecular flexibility index (Phi) is 5.61. The Hall–Kier alpha value is -2.34. The maximum absolute atomic E-state index is 12.7. The molecule has 1 atom stereocenters. The number of nitrogens with zero attached hydrogens (tertiary/aromatic N) is 2. The second-order valence-electron chi connectivity index (χ2n) is 6.61. The number of methoxy groups -OCH3 is 1. The second-order valence-corrected chi connectivity index (χ2v) is 7.52. The zero-order valence-electron chi connectivity index (χ0n) is 15.4. The molecule has 2 aromatic rings. The molecule has 0 radical (unpaired) electrons. The molecule has 0 unspecified atom stereocenters. The number of hydrogen-bond acceptors (Lipinski definition) is 5. The van der Waals surface area contributed by atoms with Crippen LogP contribution in [-0.4, -0.2) is 49.4 Å². The lowest BCUT2D eigenvalue weighted by atomic mass is 10.1. The van der Waals surface area contributed by atoms with E-state index in [0.29, 0.717) is 17.8 Å². The van der Waals surface area contributed by atoms with Crippen molar-refractivity contribution in [1.29, 1.82) is 0 Å². The van der Waals surface area contributed by atoms with Gasteiger partial charge in [-0.3, -0.25) is 9.59 Å². The number of ketones is 1. The third-order valence-corrected chi connectivity index (χ3v) is 5.81. The van der Waals surface area contributed by atoms with Crippen molar-refractivity contribution in [2.75, 3.05) is 31.6 Å². The summed E-state index contributed by atoms with van der Waals surface area (Å²) in [6.45, 7) is 5.86. The molecular weight excluding hydrogens is 348 g/mol. The van der Waals surface area contributed by atoms with Crippen LogP contribution in [0.1, 0.15) is 29.1 Å². The molecule has 0 spiro atoms. The number of thiophene rings is 1. The minimum absolute atomic E-state index is 0.0486. The zero-order valence-corrected chi connectivity index (χ0v) is 16.2. The van der Waals surface area contributed by atoms with Crippen molar-refractivity contribution in [3.05, 3.63) is 46.2 Å². The summed E-state index contributed by atoms with van der Waals surface area (Å²) in [7, 11) is 1.68. The first-order chi connectivity index (χ1) is 12.5. The fourth-order valence-electron chi connectivity index (χ4n) is 3.37. The first kappa shape index (κ1) is 18.5. The van der Waals surface area contributed by atoms with Gasteiger partial charge < -0.3 is 14.5 Å². The van der Waals surface area contributed by atoms with E-state index >= 15 is 0 Å². The van der Waals surface area contributed by atoms with E-state index in [4.69, 9.17) is 4.74 Å². The van der Waals surface area contributed by atoms with E-state index in [-0.39, 0.29) is 17.7 Å². The van der Waals surface area contributed by atoms with Gasteiger partial charge in [0, 0.05) is 25.7 Å². The number of anilines is 1. The normalized spacial score (nSPS) is 17.3. The number of ether oxygens (including phenoxy) is 1. The van der Waals surface area contributed by atoms with E-state index in [2.05, 4.69) is 17.9 Å². The van der Waals surface area contributed by atoms with E-state index in [0.717, 1.165) is 30.1 Å². The van der Waals surface area contributed by atoms with Gasteiger partial charge in [-0.15, -0.1) is 11.3 Å². The number of carbonyl (C=O) groups is 2. The zero-order chi connectivity index (χ0) is 18.7. The van der Waals surface area contributed by atoms with Crippen molar-refractivity contribution in [3.63, 3.8) is 0 Å². The Morgan fingerprint density at radius 2 is 2.04 bits per heavy atom. The summed E-state index contributed by atoms with van der Waals surface area (Å²) in [5.74, 6) is 1.02. The summed E-state index contributed by atoms with van der Waals surface area (Å²) in [6, 6.07) is 9.93. The van der Waals surface area contributed by atoms with Crippen molar-refractivity contribution in [1.82, 2.24) is 4.90 Å². The minimum Gasteiger partial charge on any atom is -0.495 e. The highest BCUT2D eigenvalue weighted by Crippen LogP contribution is 2.29. The molecule has 1 aromatic heterocycles. The summed E-state index contributed by atoms with van der Waals surface area (Å²) >= 11 is 1.41. The van der Waals surface area contributed by atoms with Crippen LogP contribution in [0.2, 0.25) is 0 Å². The van der Waals surface area contributed by atoms with Crippen LogP contribution in [0.15, 0.2) is 35.7 Å². The number of amides is 1. The molecular formula is C20H24N2O3S. The lowest BCUT2D eigenvalue weighted by molar-refractivity contribution is -0.132. The molecule has 0 bridgehead atoms. The lowest BCUT2D eigenvalue weighted by Gasteiger charge is -2.41. The Bertz CT molecular complexity index is 802. The Morgan fingerprint density at radius 1 is 1.27 bits per heavy atom. The first-order valence-electron chi connectivity index (χ1n) is 8.75. The molecule has 26 heavy (non-hydrogen) atoms. The highest BCUT2D eigenvalue weighted by Gasteiger charge is 2.28. The van der Waals surface area contributed by atoms with Gasteiger partial charge in [-0.25, -0.2) is 0 Å². The molecule has 5 nitrogen and oxygen atoms in total. The molecule has 1 aromatic carbocycles. The van der Waals surface area contributed by atoms with E-state index < -0.39 is 0 Å². The standard InChI is InChI=1S/C20H24N2O3S/c1-14-12-21(17-6-4-5-7-18(17)25-3)8-9-22(14)20(24)11-16-10-19(15(2)23)26-13-16/h4-7,10,13-14H,8-9,11-12H2,1-3H3/t14-/m0/s1. The summed E-state index contributed by atoms with van der Waals surface area (Å²) in [4.78, 5) is 29.1. The summed E-state index contributed by atoms with van der Waals surface area (Å²) in [5.41, 5.74) is 1.99. The molecule has 6 heteroatoms. The molecule has 0 saturated carbocycles. The maximum Gasteiger partial charge on any atom is 0.227 e. The number of hydrogen-bond donors (Lipinski definition) is 0. The third kappa shape index (κ3) is 3.90. The number of Topliss-reactive ketones (excluding diaryl/α,β-unsaturated/α-hetero) is 1. The predicted molar refractivity (Wildman–Crippen MR) is 104 cm³/mol. The monoisotopic (exact) mass is 372 g/mol. The molecule has 0 N–H and O–H groups in total. The predicted octanol–water partition coefficient (Wildman–Crippen LogP) is 3.24. The largest absolute Gasteiger partial charge is 0.495 e. The molecule has 3 rings (SSSR count). The number of rotatable bonds is 5. The van der Waals surface area contributed by atoms with Gasteiger partial charge in [-0.1, -0.05) is 12.1 Å². The number of para-hydroxylation sites is 2. The van der Waals surface area contributed by atoms with Gasteiger partial charge in [-0.2, -0.15) is 0 Å². The van der Waals surface area contributed by atoms with Gasteiger partial charge in [0.05, 0.1) is 24.1 Å². The van der Waals surface area contributed by atoms with Crippen LogP contribution in [0.4, 0.5) is 5.69 Å². The molecule has 1 fully saturated rings. The summed E-state index contributed by atoms with van der Waals surface area (Å²) < 4.78 is 5.46. The second kappa shape index (κ2) is 7.91. The van der Waals surface area contributed by atoms with E-state index in [1.807, 2.05) is 34.5 Å². The van der Waals surface area contributed by atoms with Crippen LogP contribution >= 0.6 is 11.3 Å². The van der Waals surface area contributed by atoms with Crippen molar-refractivity contribution >= 4 is 28.7 Å². The minimum atomic E-state index is 0.0486. The third-order valence-electron chi connectivity index (χ3n) is 4.73. The van der Waals surface area contributed by atoms with Crippen LogP contribution < -0.4 is 9.64 Å². The fourth-order valence-corrected chi connectivity index (χ4v) is 4.18. The van der Waals surface area contributed by atoms with Crippen LogP contribution in [0.25, 0.3) is 0 Å². The molecule has 138 valence electrons. The van der Waals surface area contributed by atoms with Crippen molar-refractivity contribution in [3.8, 4) is 5.75 Å².